The van der Waals surface area contributed by atoms with Crippen LogP contribution in [0.25, 0.3) is 0 Å². The smallest absolute Gasteiger partial charge is 0.102 e. The van der Waals surface area contributed by atoms with Crippen LogP contribution in [0.3, 0.4) is 0 Å². The molecule has 0 unspecified atom stereocenters. The first-order valence-corrected chi connectivity index (χ1v) is 9.69. The summed E-state index contributed by atoms with van der Waals surface area (Å²) in [6.45, 7) is 7.36. The van der Waals surface area contributed by atoms with Crippen LogP contribution in [0.5, 0.6) is 0 Å². The van der Waals surface area contributed by atoms with E-state index in [9.17, 15) is 0 Å². The van der Waals surface area contributed by atoms with Crippen molar-refractivity contribution in [2.45, 2.75) is 58.3 Å². The molecule has 0 saturated carbocycles. The highest BCUT2D eigenvalue weighted by Gasteiger charge is 2.13. The Hall–Kier alpha value is 0.460. The molecule has 0 aromatic carbocycles. The maximum absolute atomic E-state index is 5.61. The molecule has 0 N–H and O–H groups in total. The fraction of sp³-hybridized carbons (Fsp3) is 1.00. The van der Waals surface area contributed by atoms with Crippen molar-refractivity contribution in [3.8, 4) is 0 Å². The first-order valence-electron chi connectivity index (χ1n) is 9.16. The number of likely N-dealkylation sites (N-methyl/N-ethyl adjacent to an activating group) is 1. The number of quaternary nitrogens is 1. The van der Waals surface area contributed by atoms with Crippen LogP contribution in [-0.2, 0) is 9.47 Å². The highest BCUT2D eigenvalue weighted by molar-refractivity contribution is 6.17. The number of hydrogen-bond donors (Lipinski definition) is 0. The van der Waals surface area contributed by atoms with E-state index in [1.54, 1.807) is 0 Å². The molecular formula is C18H39Cl2NO2. The molecule has 0 rings (SSSR count). The van der Waals surface area contributed by atoms with E-state index in [4.69, 9.17) is 21.1 Å². The summed E-state index contributed by atoms with van der Waals surface area (Å²) in [5, 5.41) is 0. The van der Waals surface area contributed by atoms with E-state index >= 15 is 0 Å². The van der Waals surface area contributed by atoms with Gasteiger partial charge in [0, 0.05) is 5.88 Å². The summed E-state index contributed by atoms with van der Waals surface area (Å²) in [5.41, 5.74) is 0. The number of halogens is 2. The highest BCUT2D eigenvalue weighted by Crippen LogP contribution is 2.10. The molecule has 3 nitrogen and oxygen atoms in total. The predicted molar refractivity (Wildman–Crippen MR) is 96.8 cm³/mol. The Balaban J connectivity index is 0. The van der Waals surface area contributed by atoms with Gasteiger partial charge in [0.15, 0.2) is 0 Å². The zero-order valence-corrected chi connectivity index (χ0v) is 17.1. The van der Waals surface area contributed by atoms with Gasteiger partial charge < -0.3 is 26.4 Å². The van der Waals surface area contributed by atoms with Gasteiger partial charge in [0.05, 0.1) is 47.1 Å². The average molecular weight is 372 g/mol. The van der Waals surface area contributed by atoms with Crippen molar-refractivity contribution in [2.24, 2.45) is 0 Å². The Kier molecular flexibility index (Phi) is 21.0. The lowest BCUT2D eigenvalue weighted by molar-refractivity contribution is -0.891. The molecule has 0 aliphatic heterocycles. The molecular weight excluding hydrogens is 333 g/mol. The Morgan fingerprint density at radius 3 is 1.78 bits per heavy atom. The Morgan fingerprint density at radius 1 is 0.696 bits per heavy atom. The third-order valence-corrected chi connectivity index (χ3v) is 4.21. The monoisotopic (exact) mass is 371 g/mol. The fourth-order valence-corrected chi connectivity index (χ4v) is 2.58. The molecule has 0 fully saturated rings. The molecule has 23 heavy (non-hydrogen) atoms. The zero-order chi connectivity index (χ0) is 16.5. The first kappa shape index (κ1) is 25.7. The van der Waals surface area contributed by atoms with E-state index in [0.717, 1.165) is 17.6 Å². The van der Waals surface area contributed by atoms with E-state index < -0.39 is 0 Å². The lowest BCUT2D eigenvalue weighted by Gasteiger charge is -2.29. The molecule has 0 saturated heterocycles. The van der Waals surface area contributed by atoms with Gasteiger partial charge in [-0.1, -0.05) is 45.4 Å². The summed E-state index contributed by atoms with van der Waals surface area (Å²) in [6.07, 6.45) is 11.1. The van der Waals surface area contributed by atoms with Crippen molar-refractivity contribution in [3.05, 3.63) is 0 Å². The normalized spacial score (nSPS) is 11.5. The Morgan fingerprint density at radius 2 is 1.22 bits per heavy atom. The summed E-state index contributed by atoms with van der Waals surface area (Å²) >= 11 is 5.54. The van der Waals surface area contributed by atoms with E-state index in [2.05, 4.69) is 21.0 Å². The zero-order valence-electron chi connectivity index (χ0n) is 15.6. The van der Waals surface area contributed by atoms with Gasteiger partial charge in [0.1, 0.15) is 6.54 Å². The summed E-state index contributed by atoms with van der Waals surface area (Å²) in [7, 11) is 4.60. The summed E-state index contributed by atoms with van der Waals surface area (Å²) in [4.78, 5) is 0. The lowest BCUT2D eigenvalue weighted by Crippen LogP contribution is -3.00. The Labute approximate surface area is 156 Å². The molecule has 142 valence electrons. The van der Waals surface area contributed by atoms with Crippen LogP contribution in [0.2, 0.25) is 0 Å². The van der Waals surface area contributed by atoms with Gasteiger partial charge in [0.25, 0.3) is 0 Å². The second kappa shape index (κ2) is 18.8. The maximum Gasteiger partial charge on any atom is 0.102 e. The fourth-order valence-electron chi connectivity index (χ4n) is 2.47. The topological polar surface area (TPSA) is 18.5 Å². The molecule has 0 radical (unpaired) electrons. The number of nitrogens with zero attached hydrogens (tertiary/aromatic N) is 1. The van der Waals surface area contributed by atoms with E-state index in [1.165, 1.54) is 57.9 Å². The van der Waals surface area contributed by atoms with Crippen molar-refractivity contribution in [3.63, 3.8) is 0 Å². The lowest BCUT2D eigenvalue weighted by atomic mass is 10.1. The number of rotatable bonds is 17. The molecule has 0 bridgehead atoms. The number of hydrogen-bond acceptors (Lipinski definition) is 2. The minimum absolute atomic E-state index is 0. The largest absolute Gasteiger partial charge is 1.00 e. The SMILES string of the molecule is CCCCCCCCCC[N+](C)(C)CCOCCOCCCl.[Cl-]. The van der Waals surface area contributed by atoms with Crippen molar-refractivity contribution in [2.75, 3.05) is 59.5 Å². The van der Waals surface area contributed by atoms with Crippen molar-refractivity contribution >= 4 is 11.6 Å². The second-order valence-electron chi connectivity index (χ2n) is 6.77. The molecule has 0 heterocycles. The van der Waals surface area contributed by atoms with Crippen LogP contribution >= 0.6 is 11.6 Å². The third-order valence-electron chi connectivity index (χ3n) is 4.05. The summed E-state index contributed by atoms with van der Waals surface area (Å²) in [6, 6.07) is 0. The standard InChI is InChI=1S/C18H39ClNO2.ClH/c1-4-5-6-7-8-9-10-11-13-20(2,3)14-16-22-18-17-21-15-12-19;/h4-18H2,1-3H3;1H/q+1;/p-1. The molecule has 0 atom stereocenters. The van der Waals surface area contributed by atoms with Crippen LogP contribution in [0, 0.1) is 0 Å². The molecule has 5 heteroatoms. The molecule has 0 aromatic rings. The van der Waals surface area contributed by atoms with E-state index in [0.29, 0.717) is 25.7 Å². The van der Waals surface area contributed by atoms with Crippen molar-refractivity contribution in [1.82, 2.24) is 0 Å². The predicted octanol–water partition coefficient (Wildman–Crippen LogP) is 1.48. The maximum atomic E-state index is 5.61. The van der Waals surface area contributed by atoms with Crippen LogP contribution in [-0.4, -0.2) is 64.0 Å². The summed E-state index contributed by atoms with van der Waals surface area (Å²) in [5.74, 6) is 0.558. The van der Waals surface area contributed by atoms with Gasteiger partial charge in [-0.05, 0) is 12.8 Å². The molecule has 0 aromatic heterocycles. The molecule has 0 aliphatic rings. The molecule has 0 aliphatic carbocycles. The third kappa shape index (κ3) is 20.4. The number of ether oxygens (including phenoxy) is 2. The Bertz CT molecular complexity index is 229. The van der Waals surface area contributed by atoms with Gasteiger partial charge in [0.2, 0.25) is 0 Å². The number of unbranched alkanes of at least 4 members (excludes halogenated alkanes) is 7. The van der Waals surface area contributed by atoms with Crippen LogP contribution < -0.4 is 12.4 Å². The van der Waals surface area contributed by atoms with E-state index in [-0.39, 0.29) is 12.4 Å². The van der Waals surface area contributed by atoms with E-state index in [1.807, 2.05) is 0 Å². The number of alkyl halides is 1. The summed E-state index contributed by atoms with van der Waals surface area (Å²) < 4.78 is 11.9. The van der Waals surface area contributed by atoms with Crippen molar-refractivity contribution in [1.29, 1.82) is 0 Å². The second-order valence-corrected chi connectivity index (χ2v) is 7.15. The van der Waals surface area contributed by atoms with Gasteiger partial charge in [-0.3, -0.25) is 0 Å². The van der Waals surface area contributed by atoms with Gasteiger partial charge in [-0.25, -0.2) is 0 Å². The first-order chi connectivity index (χ1) is 10.6. The molecule has 0 spiro atoms. The van der Waals surface area contributed by atoms with Crippen molar-refractivity contribution < 1.29 is 26.4 Å². The quantitative estimate of drug-likeness (QED) is 0.219. The minimum Gasteiger partial charge on any atom is -1.00 e. The van der Waals surface area contributed by atoms with Gasteiger partial charge >= 0.3 is 0 Å². The van der Waals surface area contributed by atoms with Crippen LogP contribution in [0.1, 0.15) is 58.3 Å². The van der Waals surface area contributed by atoms with Gasteiger partial charge in [-0.15, -0.1) is 11.6 Å². The average Bonchev–Trinajstić information content (AvgIpc) is 2.49. The minimum atomic E-state index is 0. The van der Waals surface area contributed by atoms with Gasteiger partial charge in [-0.2, -0.15) is 0 Å². The highest BCUT2D eigenvalue weighted by atomic mass is 35.5. The van der Waals surface area contributed by atoms with Crippen LogP contribution in [0.4, 0.5) is 0 Å². The molecule has 0 amide bonds. The van der Waals surface area contributed by atoms with Crippen LogP contribution in [0.15, 0.2) is 0 Å².